The summed E-state index contributed by atoms with van der Waals surface area (Å²) in [6.07, 6.45) is 29.0. The summed E-state index contributed by atoms with van der Waals surface area (Å²) in [7, 11) is -4.21. The fourth-order valence-electron chi connectivity index (χ4n) is 5.56. The summed E-state index contributed by atoms with van der Waals surface area (Å²) < 4.78 is 38.0. The molecule has 0 atom stereocenters. The van der Waals surface area contributed by atoms with Crippen LogP contribution in [-0.2, 0) is 23.0 Å². The Morgan fingerprint density at radius 2 is 0.902 bits per heavy atom. The summed E-state index contributed by atoms with van der Waals surface area (Å²) in [6.45, 7) is 4.55. The molecule has 2 rings (SSSR count). The lowest BCUT2D eigenvalue weighted by molar-refractivity contribution is 0.477. The average Bonchev–Trinajstić information content (AvgIpc) is 2.95. The summed E-state index contributed by atoms with van der Waals surface area (Å²) >= 11 is 0. The molecule has 0 fully saturated rings. The summed E-state index contributed by atoms with van der Waals surface area (Å²) in [5.41, 5.74) is 2.82. The maximum atomic E-state index is 11.3. The Kier molecular flexibility index (Phi) is 18.8. The van der Waals surface area contributed by atoms with E-state index in [9.17, 15) is 13.0 Å². The van der Waals surface area contributed by atoms with E-state index in [-0.39, 0.29) is 4.90 Å². The molecule has 0 unspecified atom stereocenters. The molecule has 0 heterocycles. The van der Waals surface area contributed by atoms with Crippen LogP contribution in [0.3, 0.4) is 0 Å². The molecule has 232 valence electrons. The monoisotopic (exact) mass is 586 g/mol. The van der Waals surface area contributed by atoms with Gasteiger partial charge in [0.05, 0.1) is 4.90 Å². The third-order valence-electron chi connectivity index (χ3n) is 8.13. The third-order valence-corrected chi connectivity index (χ3v) is 9.00. The van der Waals surface area contributed by atoms with Crippen LogP contribution in [0.5, 0.6) is 11.5 Å². The fourth-order valence-corrected chi connectivity index (χ4v) is 6.04. The maximum absolute atomic E-state index is 11.3. The molecule has 0 bridgehead atoms. The van der Waals surface area contributed by atoms with E-state index < -0.39 is 10.1 Å². The van der Waals surface area contributed by atoms with E-state index in [0.717, 1.165) is 18.6 Å². The van der Waals surface area contributed by atoms with Gasteiger partial charge in [-0.1, -0.05) is 135 Å². The number of benzene rings is 2. The van der Waals surface area contributed by atoms with Crippen molar-refractivity contribution in [3.8, 4) is 11.5 Å². The topological polar surface area (TPSA) is 63.6 Å². The van der Waals surface area contributed by atoms with E-state index in [4.69, 9.17) is 4.74 Å². The molecule has 0 radical (unpaired) electrons. The van der Waals surface area contributed by atoms with E-state index in [1.165, 1.54) is 152 Å². The molecule has 0 aliphatic heterocycles. The van der Waals surface area contributed by atoms with Gasteiger partial charge in [0.1, 0.15) is 11.5 Å². The van der Waals surface area contributed by atoms with Gasteiger partial charge in [0.2, 0.25) is 0 Å². The van der Waals surface area contributed by atoms with E-state index in [2.05, 4.69) is 26.0 Å². The summed E-state index contributed by atoms with van der Waals surface area (Å²) in [5, 5.41) is 0. The van der Waals surface area contributed by atoms with Gasteiger partial charge in [-0.3, -0.25) is 4.55 Å². The van der Waals surface area contributed by atoms with E-state index >= 15 is 0 Å². The zero-order valence-electron chi connectivity index (χ0n) is 26.2. The molecule has 0 saturated carbocycles. The van der Waals surface area contributed by atoms with Gasteiger partial charge in [0.15, 0.2) is 0 Å². The van der Waals surface area contributed by atoms with Gasteiger partial charge >= 0.3 is 0 Å². The molecule has 1 N–H and O–H groups in total. The Hall–Kier alpha value is -1.85. The van der Waals surface area contributed by atoms with Gasteiger partial charge in [-0.05, 0) is 73.2 Å². The number of unbranched alkanes of at least 4 members (excludes halogenated alkanes) is 18. The van der Waals surface area contributed by atoms with Crippen LogP contribution in [0.2, 0.25) is 0 Å². The number of rotatable bonds is 25. The van der Waals surface area contributed by atoms with Crippen LogP contribution in [0.4, 0.5) is 0 Å². The van der Waals surface area contributed by atoms with E-state index in [0.29, 0.717) is 5.75 Å². The highest BCUT2D eigenvalue weighted by molar-refractivity contribution is 7.85. The van der Waals surface area contributed by atoms with Crippen molar-refractivity contribution < 1.29 is 17.7 Å². The van der Waals surface area contributed by atoms with Crippen molar-refractivity contribution in [1.29, 1.82) is 0 Å². The molecule has 0 saturated heterocycles. The van der Waals surface area contributed by atoms with E-state index in [1.807, 2.05) is 6.07 Å². The molecule has 2 aromatic carbocycles. The molecule has 0 spiro atoms. The number of ether oxygens (including phenoxy) is 1. The molecule has 2 aromatic rings. The zero-order chi connectivity index (χ0) is 29.6. The van der Waals surface area contributed by atoms with Crippen molar-refractivity contribution in [2.45, 2.75) is 160 Å². The Labute approximate surface area is 252 Å². The summed E-state index contributed by atoms with van der Waals surface area (Å²) in [6, 6.07) is 12.3. The quantitative estimate of drug-likeness (QED) is 0.0928. The highest BCUT2D eigenvalue weighted by Crippen LogP contribution is 2.27. The van der Waals surface area contributed by atoms with Crippen LogP contribution in [0.25, 0.3) is 0 Å². The Morgan fingerprint density at radius 3 is 1.34 bits per heavy atom. The predicted octanol–water partition coefficient (Wildman–Crippen LogP) is 11.7. The van der Waals surface area contributed by atoms with E-state index in [1.54, 1.807) is 12.1 Å². The Morgan fingerprint density at radius 1 is 0.512 bits per heavy atom. The number of aryl methyl sites for hydroxylation is 2. The fraction of sp³-hybridized carbons (Fsp3) is 0.667. The van der Waals surface area contributed by atoms with Crippen molar-refractivity contribution in [3.63, 3.8) is 0 Å². The molecule has 0 aliphatic rings. The van der Waals surface area contributed by atoms with Gasteiger partial charge in [-0.2, -0.15) is 8.42 Å². The van der Waals surface area contributed by atoms with Crippen LogP contribution < -0.4 is 4.74 Å². The molecule has 4 nitrogen and oxygen atoms in total. The molecular formula is C36H58O4S. The lowest BCUT2D eigenvalue weighted by Crippen LogP contribution is -1.98. The first kappa shape index (κ1) is 35.3. The van der Waals surface area contributed by atoms with Gasteiger partial charge < -0.3 is 4.74 Å². The molecule has 0 aliphatic carbocycles. The molecule has 0 amide bonds. The van der Waals surface area contributed by atoms with Crippen LogP contribution >= 0.6 is 0 Å². The molecule has 0 aromatic heterocycles. The lowest BCUT2D eigenvalue weighted by Gasteiger charge is -2.13. The first-order valence-corrected chi connectivity index (χ1v) is 18.2. The second kappa shape index (κ2) is 21.8. The lowest BCUT2D eigenvalue weighted by atomic mass is 9.96. The van der Waals surface area contributed by atoms with Crippen molar-refractivity contribution in [2.24, 2.45) is 0 Å². The van der Waals surface area contributed by atoms with Crippen molar-refractivity contribution in [3.05, 3.63) is 53.6 Å². The zero-order valence-corrected chi connectivity index (χ0v) is 27.0. The Bertz CT molecular complexity index is 1030. The van der Waals surface area contributed by atoms with Crippen molar-refractivity contribution in [1.82, 2.24) is 0 Å². The predicted molar refractivity (Wildman–Crippen MR) is 174 cm³/mol. The highest BCUT2D eigenvalue weighted by Gasteiger charge is 2.10. The minimum absolute atomic E-state index is 0.127. The van der Waals surface area contributed by atoms with Crippen LogP contribution in [0.1, 0.15) is 153 Å². The first-order valence-electron chi connectivity index (χ1n) is 16.8. The largest absolute Gasteiger partial charge is 0.457 e. The van der Waals surface area contributed by atoms with Gasteiger partial charge in [0, 0.05) is 0 Å². The van der Waals surface area contributed by atoms with Gasteiger partial charge in [-0.25, -0.2) is 0 Å². The number of hydrogen-bond donors (Lipinski definition) is 1. The van der Waals surface area contributed by atoms with Crippen molar-refractivity contribution in [2.75, 3.05) is 0 Å². The van der Waals surface area contributed by atoms with Crippen LogP contribution in [-0.4, -0.2) is 13.0 Å². The van der Waals surface area contributed by atoms with Gasteiger partial charge in [0.25, 0.3) is 10.1 Å². The van der Waals surface area contributed by atoms with Crippen molar-refractivity contribution >= 4 is 10.1 Å². The SMILES string of the molecule is CCCCCCCCCCCCc1ccc(Oc2ccc(S(=O)(=O)O)cc2)cc1CCCCCCCCCCCC. The molecular weight excluding hydrogens is 528 g/mol. The summed E-state index contributed by atoms with van der Waals surface area (Å²) in [5.74, 6) is 1.34. The minimum Gasteiger partial charge on any atom is -0.457 e. The maximum Gasteiger partial charge on any atom is 0.294 e. The normalized spacial score (nSPS) is 11.7. The average molecular weight is 587 g/mol. The smallest absolute Gasteiger partial charge is 0.294 e. The Balaban J connectivity index is 1.85. The first-order chi connectivity index (χ1) is 19.9. The second-order valence-electron chi connectivity index (χ2n) is 11.8. The highest BCUT2D eigenvalue weighted by atomic mass is 32.2. The molecule has 41 heavy (non-hydrogen) atoms. The number of hydrogen-bond acceptors (Lipinski definition) is 3. The van der Waals surface area contributed by atoms with Gasteiger partial charge in [-0.15, -0.1) is 0 Å². The standard InChI is InChI=1S/C36H58O4S/c1-3-5-7-9-11-13-15-17-19-21-23-32-25-26-35(40-34-27-29-36(30-28-34)41(37,38)39)31-33(32)24-22-20-18-16-14-12-10-8-6-4-2/h25-31H,3-24H2,1-2H3,(H,37,38,39). The minimum atomic E-state index is -4.21. The molecule has 5 heteroatoms. The second-order valence-corrected chi connectivity index (χ2v) is 13.3. The third kappa shape index (κ3) is 16.4. The van der Waals surface area contributed by atoms with Crippen LogP contribution in [0.15, 0.2) is 47.4 Å². The van der Waals surface area contributed by atoms with Crippen LogP contribution in [0, 0.1) is 0 Å². The summed E-state index contributed by atoms with van der Waals surface area (Å²) in [4.78, 5) is -0.127.